The first-order valence-corrected chi connectivity index (χ1v) is 14.1. The number of fused-ring (bicyclic) bond motifs is 1. The molecule has 0 atom stereocenters. The number of carbonyl (C=O) groups is 1. The van der Waals surface area contributed by atoms with Crippen LogP contribution in [-0.2, 0) is 33.1 Å². The number of nitriles is 1. The molecule has 0 spiro atoms. The number of aryl methyl sites for hydroxylation is 4. The molecule has 2 heterocycles. The number of nitrogens with one attached hydrogen (secondary N) is 1. The van der Waals surface area contributed by atoms with Gasteiger partial charge < -0.3 is 13.6 Å². The number of aromatic nitrogens is 4. The monoisotopic (exact) mass is 534 g/mol. The number of hydrogen-bond donors (Lipinski definition) is 1. The summed E-state index contributed by atoms with van der Waals surface area (Å²) in [5.41, 5.74) is 4.11. The van der Waals surface area contributed by atoms with Gasteiger partial charge >= 0.3 is 7.60 Å². The molecule has 1 N–H and O–H groups in total. The van der Waals surface area contributed by atoms with Gasteiger partial charge in [0.2, 0.25) is 5.95 Å². The lowest BCUT2D eigenvalue weighted by Crippen LogP contribution is -2.20. The molecule has 0 aliphatic carbocycles. The third-order valence-corrected chi connectivity index (χ3v) is 8.14. The molecule has 1 amide bonds. The molecule has 10 nitrogen and oxygen atoms in total. The molecule has 0 aliphatic rings. The third kappa shape index (κ3) is 5.70. The van der Waals surface area contributed by atoms with Crippen LogP contribution in [0.3, 0.4) is 0 Å². The Morgan fingerprint density at radius 1 is 1.08 bits per heavy atom. The highest BCUT2D eigenvalue weighted by Crippen LogP contribution is 2.46. The van der Waals surface area contributed by atoms with Crippen LogP contribution in [0.25, 0.3) is 11.0 Å². The summed E-state index contributed by atoms with van der Waals surface area (Å²) in [7, 11) is -3.35. The fourth-order valence-corrected chi connectivity index (χ4v) is 5.84. The first kappa shape index (κ1) is 27.3. The van der Waals surface area contributed by atoms with Crippen LogP contribution < -0.4 is 10.6 Å². The van der Waals surface area contributed by atoms with Crippen molar-refractivity contribution in [3.63, 3.8) is 0 Å². The maximum Gasteiger partial charge on any atom is 0.361 e. The van der Waals surface area contributed by atoms with Crippen LogP contribution in [0.2, 0.25) is 0 Å². The third-order valence-electron chi connectivity index (χ3n) is 6.01. The molecular weight excluding hydrogens is 503 g/mol. The Hall–Kier alpha value is -3.77. The highest BCUT2D eigenvalue weighted by molar-refractivity contribution is 7.62. The molecule has 4 aromatic rings. The van der Waals surface area contributed by atoms with Gasteiger partial charge in [0.1, 0.15) is 5.69 Å². The van der Waals surface area contributed by atoms with E-state index in [9.17, 15) is 14.6 Å². The largest absolute Gasteiger partial charge is 0.361 e. The Balaban J connectivity index is 1.61. The van der Waals surface area contributed by atoms with Gasteiger partial charge in [0, 0.05) is 13.1 Å². The second-order valence-corrected chi connectivity index (χ2v) is 10.6. The van der Waals surface area contributed by atoms with Gasteiger partial charge in [-0.15, -0.1) is 0 Å². The Labute approximate surface area is 221 Å². The average molecular weight is 535 g/mol. The molecule has 11 heteroatoms. The van der Waals surface area contributed by atoms with Gasteiger partial charge in [0.15, 0.2) is 0 Å². The molecule has 2 aromatic heterocycles. The molecular formula is C27H31N6O4P. The molecule has 0 radical (unpaired) electrons. The smallest absolute Gasteiger partial charge is 0.310 e. The Kier molecular flexibility index (Phi) is 8.42. The maximum absolute atomic E-state index is 13.1. The lowest BCUT2D eigenvalue weighted by atomic mass is 10.1. The minimum Gasteiger partial charge on any atom is -0.310 e. The molecule has 0 saturated heterocycles. The first-order chi connectivity index (χ1) is 18.3. The zero-order valence-corrected chi connectivity index (χ0v) is 22.9. The van der Waals surface area contributed by atoms with Crippen molar-refractivity contribution in [2.45, 2.75) is 47.2 Å². The highest BCUT2D eigenvalue weighted by atomic mass is 31.2. The normalized spacial score (nSPS) is 11.6. The number of anilines is 1. The fraction of sp³-hybridized carbons (Fsp3) is 0.333. The van der Waals surface area contributed by atoms with Crippen molar-refractivity contribution in [2.75, 3.05) is 18.5 Å². The minimum atomic E-state index is -3.35. The van der Waals surface area contributed by atoms with E-state index in [0.29, 0.717) is 47.5 Å². The number of imidazole rings is 1. The standard InChI is InChI=1S/C27H31N6O4P/c1-5-33-25(16-19(4)31-33)26(34)30-27-29-23-17-21(18-28)10-13-24(23)32(27)15-14-20-8-11-22(12-9-20)38(35,36-6-2)37-7-3/h8-13,16-17H,5-7,14-15H2,1-4H3,(H,29,30,34). The quantitative estimate of drug-likeness (QED) is 0.274. The summed E-state index contributed by atoms with van der Waals surface area (Å²) in [4.78, 5) is 17.8. The van der Waals surface area contributed by atoms with Gasteiger partial charge in [-0.2, -0.15) is 10.4 Å². The summed E-state index contributed by atoms with van der Waals surface area (Å²) in [6.07, 6.45) is 0.619. The van der Waals surface area contributed by atoms with E-state index in [0.717, 1.165) is 16.8 Å². The number of amides is 1. The second kappa shape index (κ2) is 11.7. The van der Waals surface area contributed by atoms with Crippen molar-refractivity contribution in [1.82, 2.24) is 19.3 Å². The van der Waals surface area contributed by atoms with Gasteiger partial charge in [0.05, 0.1) is 46.9 Å². The van der Waals surface area contributed by atoms with Gasteiger partial charge in [-0.25, -0.2) is 4.98 Å². The van der Waals surface area contributed by atoms with E-state index < -0.39 is 7.60 Å². The summed E-state index contributed by atoms with van der Waals surface area (Å²) in [5.74, 6) is 0.0758. The van der Waals surface area contributed by atoms with Gasteiger partial charge in [-0.1, -0.05) is 12.1 Å². The molecule has 0 aliphatic heterocycles. The summed E-state index contributed by atoms with van der Waals surface area (Å²) < 4.78 is 27.5. The summed E-state index contributed by atoms with van der Waals surface area (Å²) in [6, 6.07) is 16.5. The van der Waals surface area contributed by atoms with Crippen LogP contribution in [0.5, 0.6) is 0 Å². The molecule has 0 fully saturated rings. The Morgan fingerprint density at radius 2 is 1.79 bits per heavy atom. The van der Waals surface area contributed by atoms with Crippen LogP contribution in [0.15, 0.2) is 48.5 Å². The molecule has 0 unspecified atom stereocenters. The van der Waals surface area contributed by atoms with Crippen LogP contribution in [0, 0.1) is 18.3 Å². The van der Waals surface area contributed by atoms with Crippen molar-refractivity contribution >= 4 is 35.8 Å². The van der Waals surface area contributed by atoms with E-state index in [2.05, 4.69) is 21.5 Å². The van der Waals surface area contributed by atoms with E-state index in [-0.39, 0.29) is 19.1 Å². The molecule has 198 valence electrons. The SMILES string of the molecule is CCOP(=O)(OCC)c1ccc(CCn2c(NC(=O)c3cc(C)nn3CC)nc3cc(C#N)ccc32)cc1. The predicted octanol–water partition coefficient (Wildman–Crippen LogP) is 4.82. The molecule has 38 heavy (non-hydrogen) atoms. The highest BCUT2D eigenvalue weighted by Gasteiger charge is 2.26. The topological polar surface area (TPSA) is 124 Å². The van der Waals surface area contributed by atoms with E-state index in [1.807, 2.05) is 36.6 Å². The molecule has 0 bridgehead atoms. The number of carbonyl (C=O) groups excluding carboxylic acids is 1. The van der Waals surface area contributed by atoms with E-state index in [4.69, 9.17) is 9.05 Å². The fourth-order valence-electron chi connectivity index (χ4n) is 4.27. The van der Waals surface area contributed by atoms with Crippen molar-refractivity contribution < 1.29 is 18.4 Å². The van der Waals surface area contributed by atoms with Gasteiger partial charge in [0.25, 0.3) is 5.91 Å². The number of hydrogen-bond acceptors (Lipinski definition) is 7. The molecule has 2 aromatic carbocycles. The zero-order valence-electron chi connectivity index (χ0n) is 22.0. The number of rotatable bonds is 11. The van der Waals surface area contributed by atoms with Gasteiger partial charge in [-0.3, -0.25) is 19.4 Å². The lowest BCUT2D eigenvalue weighted by Gasteiger charge is -2.17. The van der Waals surface area contributed by atoms with Gasteiger partial charge in [-0.05, 0) is 76.1 Å². The average Bonchev–Trinajstić information content (AvgIpc) is 3.46. The summed E-state index contributed by atoms with van der Waals surface area (Å²) >= 11 is 0. The van der Waals surface area contributed by atoms with Crippen molar-refractivity contribution in [3.05, 3.63) is 71.0 Å². The van der Waals surface area contributed by atoms with Crippen molar-refractivity contribution in [3.8, 4) is 6.07 Å². The van der Waals surface area contributed by atoms with E-state index in [1.54, 1.807) is 48.9 Å². The number of benzene rings is 2. The van der Waals surface area contributed by atoms with E-state index in [1.165, 1.54) is 0 Å². The van der Waals surface area contributed by atoms with Crippen LogP contribution in [-0.4, -0.2) is 38.5 Å². The van der Waals surface area contributed by atoms with Crippen molar-refractivity contribution in [1.29, 1.82) is 5.26 Å². The lowest BCUT2D eigenvalue weighted by molar-refractivity contribution is 0.101. The number of nitrogens with zero attached hydrogens (tertiary/aromatic N) is 5. The molecule has 0 saturated carbocycles. The van der Waals surface area contributed by atoms with E-state index >= 15 is 0 Å². The second-order valence-electron chi connectivity index (χ2n) is 8.59. The molecule has 4 rings (SSSR count). The Morgan fingerprint density at radius 3 is 2.42 bits per heavy atom. The first-order valence-electron chi connectivity index (χ1n) is 12.6. The Bertz CT molecular complexity index is 1520. The summed E-state index contributed by atoms with van der Waals surface area (Å²) in [5, 5.41) is 17.1. The zero-order chi connectivity index (χ0) is 27.3. The minimum absolute atomic E-state index is 0.285. The summed E-state index contributed by atoms with van der Waals surface area (Å²) in [6.45, 7) is 8.97. The maximum atomic E-state index is 13.1. The predicted molar refractivity (Wildman–Crippen MR) is 146 cm³/mol. The van der Waals surface area contributed by atoms with Crippen LogP contribution in [0.1, 0.15) is 48.1 Å². The van der Waals surface area contributed by atoms with Crippen LogP contribution >= 0.6 is 7.60 Å². The van der Waals surface area contributed by atoms with Crippen LogP contribution in [0.4, 0.5) is 5.95 Å². The van der Waals surface area contributed by atoms with Crippen molar-refractivity contribution in [2.24, 2.45) is 0 Å².